The van der Waals surface area contributed by atoms with Crippen LogP contribution in [0.2, 0.25) is 0 Å². The van der Waals surface area contributed by atoms with Gasteiger partial charge in [-0.05, 0) is 6.42 Å². The van der Waals surface area contributed by atoms with Crippen LogP contribution in [0.5, 0.6) is 0 Å². The summed E-state index contributed by atoms with van der Waals surface area (Å²) in [6.07, 6.45) is 7.83. The van der Waals surface area contributed by atoms with Gasteiger partial charge in [0.1, 0.15) is 0 Å². The van der Waals surface area contributed by atoms with Gasteiger partial charge in [-0.25, -0.2) is 4.98 Å². The number of aliphatic carboxylic acids is 1. The summed E-state index contributed by atoms with van der Waals surface area (Å²) in [4.78, 5) is 14.4. The number of carbonyl (C=O) groups is 1. The van der Waals surface area contributed by atoms with Crippen molar-refractivity contribution in [3.05, 3.63) is 49.2 Å². The van der Waals surface area contributed by atoms with Crippen LogP contribution in [0.25, 0.3) is 5.57 Å². The lowest BCUT2D eigenvalue weighted by molar-refractivity contribution is -0.137. The van der Waals surface area contributed by atoms with Crippen LogP contribution in [-0.4, -0.2) is 16.1 Å². The summed E-state index contributed by atoms with van der Waals surface area (Å²) in [5.74, 6) is 0.346. The summed E-state index contributed by atoms with van der Waals surface area (Å²) in [5, 5.41) is 8.51. The summed E-state index contributed by atoms with van der Waals surface area (Å²) in [7, 11) is 0. The average Bonchev–Trinajstić information content (AvgIpc) is 2.97. The van der Waals surface area contributed by atoms with Crippen LogP contribution in [0.3, 0.4) is 0 Å². The van der Waals surface area contributed by atoms with E-state index in [0.29, 0.717) is 24.5 Å². The van der Waals surface area contributed by atoms with Crippen molar-refractivity contribution in [2.45, 2.75) is 47.0 Å². The third kappa shape index (κ3) is 9.44. The molecule has 1 heterocycles. The number of oxazole rings is 1. The van der Waals surface area contributed by atoms with Crippen molar-refractivity contribution in [2.24, 2.45) is 0 Å². The van der Waals surface area contributed by atoms with E-state index in [1.165, 1.54) is 0 Å². The van der Waals surface area contributed by atoms with Crippen molar-refractivity contribution in [2.75, 3.05) is 0 Å². The molecular weight excluding hydrogens is 266 g/mol. The van der Waals surface area contributed by atoms with Crippen LogP contribution < -0.4 is 0 Å². The van der Waals surface area contributed by atoms with Crippen molar-refractivity contribution < 1.29 is 14.3 Å². The van der Waals surface area contributed by atoms with Gasteiger partial charge >= 0.3 is 5.97 Å². The van der Waals surface area contributed by atoms with Gasteiger partial charge in [0.15, 0.2) is 11.7 Å². The highest BCUT2D eigenvalue weighted by Crippen LogP contribution is 2.17. The minimum absolute atomic E-state index is 0.120. The average molecular weight is 293 g/mol. The molecule has 0 bridgehead atoms. The maximum absolute atomic E-state index is 10.3. The molecule has 0 aromatic carbocycles. The summed E-state index contributed by atoms with van der Waals surface area (Å²) >= 11 is 0. The maximum atomic E-state index is 10.3. The second kappa shape index (κ2) is 14.3. The zero-order valence-electron chi connectivity index (χ0n) is 13.6. The fourth-order valence-electron chi connectivity index (χ4n) is 1.33. The van der Waals surface area contributed by atoms with Gasteiger partial charge in [0.25, 0.3) is 0 Å². The Balaban J connectivity index is 0. The number of aryl methyl sites for hydroxylation is 1. The van der Waals surface area contributed by atoms with Crippen LogP contribution in [0, 0.1) is 0 Å². The normalized spacial score (nSPS) is 9.62. The summed E-state index contributed by atoms with van der Waals surface area (Å²) < 4.78 is 5.48. The number of aromatic nitrogens is 1. The summed E-state index contributed by atoms with van der Waals surface area (Å²) in [5.41, 5.74) is 0.803. The lowest BCUT2D eigenvalue weighted by atomic mass is 10.2. The predicted octanol–water partition coefficient (Wildman–Crippen LogP) is 4.89. The summed E-state index contributed by atoms with van der Waals surface area (Å²) in [6.45, 7) is 15.3. The second-order valence-electron chi connectivity index (χ2n) is 3.43. The van der Waals surface area contributed by atoms with Gasteiger partial charge in [-0.3, -0.25) is 4.79 Å². The molecule has 0 atom stereocenters. The summed E-state index contributed by atoms with van der Waals surface area (Å²) in [6, 6.07) is 0. The highest BCUT2D eigenvalue weighted by molar-refractivity contribution is 5.70. The van der Waals surface area contributed by atoms with Crippen LogP contribution in [0.1, 0.15) is 52.2 Å². The third-order valence-electron chi connectivity index (χ3n) is 2.14. The van der Waals surface area contributed by atoms with Crippen LogP contribution in [-0.2, 0) is 11.2 Å². The quantitative estimate of drug-likeness (QED) is 0.727. The maximum Gasteiger partial charge on any atom is 0.303 e. The van der Waals surface area contributed by atoms with Gasteiger partial charge in [-0.15, -0.1) is 0 Å². The van der Waals surface area contributed by atoms with E-state index < -0.39 is 5.97 Å². The fraction of sp³-hybridized carbons (Fsp3) is 0.412. The highest BCUT2D eigenvalue weighted by atomic mass is 16.4. The van der Waals surface area contributed by atoms with E-state index in [0.717, 1.165) is 5.57 Å². The molecule has 0 aliphatic rings. The predicted molar refractivity (Wildman–Crippen MR) is 88.1 cm³/mol. The molecule has 21 heavy (non-hydrogen) atoms. The Morgan fingerprint density at radius 1 is 1.33 bits per heavy atom. The molecule has 0 spiro atoms. The van der Waals surface area contributed by atoms with Crippen molar-refractivity contribution in [3.63, 3.8) is 0 Å². The molecule has 0 aliphatic carbocycles. The molecule has 1 aromatic heterocycles. The molecule has 118 valence electrons. The van der Waals surface area contributed by atoms with Crippen molar-refractivity contribution in [3.8, 4) is 0 Å². The first kappa shape index (κ1) is 21.2. The molecule has 0 fully saturated rings. The monoisotopic (exact) mass is 293 g/mol. The van der Waals surface area contributed by atoms with Gasteiger partial charge in [0.05, 0.1) is 6.20 Å². The van der Waals surface area contributed by atoms with E-state index in [1.807, 2.05) is 27.7 Å². The van der Waals surface area contributed by atoms with Gasteiger partial charge in [-0.2, -0.15) is 0 Å². The van der Waals surface area contributed by atoms with Gasteiger partial charge in [-0.1, -0.05) is 59.1 Å². The Bertz CT molecular complexity index is 445. The Kier molecular flexibility index (Phi) is 14.5. The lowest BCUT2D eigenvalue weighted by Crippen LogP contribution is -1.95. The highest BCUT2D eigenvalue weighted by Gasteiger charge is 2.07. The third-order valence-corrected chi connectivity index (χ3v) is 2.14. The molecule has 1 N–H and O–H groups in total. The second-order valence-corrected chi connectivity index (χ2v) is 3.43. The Hall–Kier alpha value is -2.10. The molecule has 0 amide bonds. The smallest absolute Gasteiger partial charge is 0.303 e. The Morgan fingerprint density at radius 3 is 2.43 bits per heavy atom. The van der Waals surface area contributed by atoms with E-state index in [2.05, 4.69) is 18.1 Å². The zero-order chi connectivity index (χ0) is 16.7. The van der Waals surface area contributed by atoms with Crippen molar-refractivity contribution >= 4 is 11.5 Å². The molecule has 1 rings (SSSR count). The number of carboxylic acid groups (broad SMARTS) is 1. The molecule has 1 aromatic rings. The topological polar surface area (TPSA) is 63.3 Å². The van der Waals surface area contributed by atoms with E-state index in [9.17, 15) is 4.79 Å². The van der Waals surface area contributed by atoms with Crippen LogP contribution in [0.4, 0.5) is 0 Å². The minimum Gasteiger partial charge on any atom is -0.481 e. The van der Waals surface area contributed by atoms with Crippen LogP contribution in [0.15, 0.2) is 42.0 Å². The number of allylic oxidation sites excluding steroid dienone is 4. The van der Waals surface area contributed by atoms with Gasteiger partial charge in [0, 0.05) is 18.4 Å². The molecule has 0 unspecified atom stereocenters. The SMILES string of the molecule is C=C/C=C(\C=C)c1cnc(CCCC(=O)O)o1.CC.CC. The molecule has 0 aliphatic heterocycles. The molecule has 0 saturated heterocycles. The molecule has 4 heteroatoms. The first-order valence-corrected chi connectivity index (χ1v) is 7.29. The lowest BCUT2D eigenvalue weighted by Gasteiger charge is -1.95. The van der Waals surface area contributed by atoms with E-state index in [4.69, 9.17) is 9.52 Å². The van der Waals surface area contributed by atoms with Crippen molar-refractivity contribution in [1.29, 1.82) is 0 Å². The van der Waals surface area contributed by atoms with Crippen molar-refractivity contribution in [1.82, 2.24) is 4.98 Å². The number of hydrogen-bond donors (Lipinski definition) is 1. The van der Waals surface area contributed by atoms with Crippen LogP contribution >= 0.6 is 0 Å². The zero-order valence-corrected chi connectivity index (χ0v) is 13.6. The first-order valence-electron chi connectivity index (χ1n) is 7.29. The molecule has 0 saturated carbocycles. The standard InChI is InChI=1S/C13H15NO3.2C2H6/c1-3-6-10(4-2)11-9-14-12(17-11)7-5-8-13(15)16;2*1-2/h3-4,6,9H,1-2,5,7-8H2,(H,15,16);2*1-2H3/b10-6+;;. The first-order chi connectivity index (χ1) is 10.2. The fourth-order valence-corrected chi connectivity index (χ4v) is 1.33. The molecular formula is C17H27NO3. The van der Waals surface area contributed by atoms with Gasteiger partial charge in [0.2, 0.25) is 0 Å². The number of nitrogens with zero attached hydrogens (tertiary/aromatic N) is 1. The van der Waals surface area contributed by atoms with E-state index in [-0.39, 0.29) is 6.42 Å². The Labute approximate surface area is 127 Å². The van der Waals surface area contributed by atoms with E-state index in [1.54, 1.807) is 24.4 Å². The minimum atomic E-state index is -0.810. The number of carboxylic acids is 1. The molecule has 0 radical (unpaired) electrons. The molecule has 4 nitrogen and oxygen atoms in total. The number of rotatable bonds is 7. The van der Waals surface area contributed by atoms with E-state index >= 15 is 0 Å². The number of hydrogen-bond acceptors (Lipinski definition) is 3. The largest absolute Gasteiger partial charge is 0.481 e. The Morgan fingerprint density at radius 2 is 1.95 bits per heavy atom. The van der Waals surface area contributed by atoms with Gasteiger partial charge < -0.3 is 9.52 Å².